The Balaban J connectivity index is 1.40. The van der Waals surface area contributed by atoms with Crippen LogP contribution in [0.4, 0.5) is 0 Å². The molecule has 6 nitrogen and oxygen atoms in total. The molecule has 138 valence electrons. The lowest BCUT2D eigenvalue weighted by molar-refractivity contribution is -0.141. The summed E-state index contributed by atoms with van der Waals surface area (Å²) in [7, 11) is 0. The van der Waals surface area contributed by atoms with Gasteiger partial charge in [0.15, 0.2) is 18.1 Å². The molecule has 0 fully saturated rings. The van der Waals surface area contributed by atoms with Crippen molar-refractivity contribution in [2.24, 2.45) is 0 Å². The van der Waals surface area contributed by atoms with Crippen molar-refractivity contribution in [1.82, 2.24) is 4.98 Å². The molecule has 27 heavy (non-hydrogen) atoms. The van der Waals surface area contributed by atoms with Gasteiger partial charge in [0.05, 0.1) is 6.42 Å². The predicted octanol–water partition coefficient (Wildman–Crippen LogP) is 3.22. The minimum absolute atomic E-state index is 0.0663. The van der Waals surface area contributed by atoms with Gasteiger partial charge < -0.3 is 19.2 Å². The van der Waals surface area contributed by atoms with Crippen LogP contribution in [0.3, 0.4) is 0 Å². The normalized spacial score (nSPS) is 12.8. The van der Waals surface area contributed by atoms with Crippen LogP contribution in [0.2, 0.25) is 0 Å². The summed E-state index contributed by atoms with van der Waals surface area (Å²) >= 11 is 0. The number of H-pyrrole nitrogens is 1. The Morgan fingerprint density at radius 3 is 2.70 bits per heavy atom. The number of esters is 1. The Hall–Kier alpha value is -3.28. The third-order valence-corrected chi connectivity index (χ3v) is 4.49. The quantitative estimate of drug-likeness (QED) is 0.555. The molecule has 0 bridgehead atoms. The molecule has 1 aromatic heterocycles. The van der Waals surface area contributed by atoms with Crippen molar-refractivity contribution >= 4 is 22.7 Å². The average molecular weight is 365 g/mol. The highest BCUT2D eigenvalue weighted by atomic mass is 16.6. The van der Waals surface area contributed by atoms with E-state index in [4.69, 9.17) is 14.2 Å². The molecule has 0 spiro atoms. The summed E-state index contributed by atoms with van der Waals surface area (Å²) in [4.78, 5) is 27.9. The molecule has 0 radical (unpaired) electrons. The van der Waals surface area contributed by atoms with Gasteiger partial charge in [0.1, 0.15) is 13.2 Å². The average Bonchev–Trinajstić information content (AvgIpc) is 3.02. The lowest BCUT2D eigenvalue weighted by atomic mass is 10.1. The number of nitrogens with one attached hydrogen (secondary N) is 1. The summed E-state index contributed by atoms with van der Waals surface area (Å²) < 4.78 is 16.2. The molecule has 0 saturated heterocycles. The maximum absolute atomic E-state index is 12.6. The van der Waals surface area contributed by atoms with Crippen molar-refractivity contribution in [3.05, 3.63) is 59.3 Å². The smallest absolute Gasteiger partial charge is 0.310 e. The topological polar surface area (TPSA) is 77.6 Å². The minimum Gasteiger partial charge on any atom is -0.486 e. The van der Waals surface area contributed by atoms with Gasteiger partial charge in [-0.05, 0) is 30.7 Å². The maximum atomic E-state index is 12.6. The predicted molar refractivity (Wildman–Crippen MR) is 99.5 cm³/mol. The second-order valence-corrected chi connectivity index (χ2v) is 6.41. The Kier molecular flexibility index (Phi) is 4.54. The summed E-state index contributed by atoms with van der Waals surface area (Å²) in [6.07, 6.45) is 0.0663. The Morgan fingerprint density at radius 1 is 1.07 bits per heavy atom. The highest BCUT2D eigenvalue weighted by molar-refractivity contribution is 6.10. The fraction of sp³-hybridized carbons (Fsp3) is 0.238. The Bertz CT molecular complexity index is 1020. The van der Waals surface area contributed by atoms with Crippen molar-refractivity contribution in [3.8, 4) is 11.5 Å². The van der Waals surface area contributed by atoms with Crippen LogP contribution < -0.4 is 9.47 Å². The van der Waals surface area contributed by atoms with Crippen LogP contribution in [0.5, 0.6) is 11.5 Å². The van der Waals surface area contributed by atoms with Crippen LogP contribution >= 0.6 is 0 Å². The Labute approximate surface area is 156 Å². The van der Waals surface area contributed by atoms with E-state index in [1.54, 1.807) is 18.2 Å². The van der Waals surface area contributed by atoms with Gasteiger partial charge in [-0.2, -0.15) is 0 Å². The SMILES string of the molecule is Cc1[nH]c2ccccc2c1C(=O)COC(=O)Cc1ccc2c(c1)OCCO2. The summed E-state index contributed by atoms with van der Waals surface area (Å²) in [5.41, 5.74) is 2.97. The lowest BCUT2D eigenvalue weighted by Crippen LogP contribution is -2.17. The molecule has 2 heterocycles. The van der Waals surface area contributed by atoms with Crippen LogP contribution in [0, 0.1) is 6.92 Å². The van der Waals surface area contributed by atoms with E-state index in [2.05, 4.69) is 4.98 Å². The highest BCUT2D eigenvalue weighted by Crippen LogP contribution is 2.31. The minimum atomic E-state index is -0.461. The van der Waals surface area contributed by atoms with Gasteiger partial charge in [-0.25, -0.2) is 0 Å². The van der Waals surface area contributed by atoms with Crippen LogP contribution in [-0.2, 0) is 16.0 Å². The molecular formula is C21H19NO5. The number of ether oxygens (including phenoxy) is 3. The fourth-order valence-corrected chi connectivity index (χ4v) is 3.27. The molecule has 0 unspecified atom stereocenters. The number of aromatic amines is 1. The fourth-order valence-electron chi connectivity index (χ4n) is 3.27. The van der Waals surface area contributed by atoms with Crippen molar-refractivity contribution < 1.29 is 23.8 Å². The zero-order chi connectivity index (χ0) is 18.8. The zero-order valence-corrected chi connectivity index (χ0v) is 14.9. The van der Waals surface area contributed by atoms with Crippen molar-refractivity contribution in [2.45, 2.75) is 13.3 Å². The first-order valence-electron chi connectivity index (χ1n) is 8.76. The van der Waals surface area contributed by atoms with Gasteiger partial charge in [-0.3, -0.25) is 9.59 Å². The third kappa shape index (κ3) is 3.51. The number of fused-ring (bicyclic) bond motifs is 2. The van der Waals surface area contributed by atoms with E-state index in [1.807, 2.05) is 31.2 Å². The number of hydrogen-bond acceptors (Lipinski definition) is 5. The first kappa shape index (κ1) is 17.1. The van der Waals surface area contributed by atoms with Crippen LogP contribution in [-0.4, -0.2) is 36.6 Å². The van der Waals surface area contributed by atoms with E-state index in [-0.39, 0.29) is 18.8 Å². The largest absolute Gasteiger partial charge is 0.486 e. The number of aryl methyl sites for hydroxylation is 1. The molecule has 0 amide bonds. The summed E-state index contributed by atoms with van der Waals surface area (Å²) in [5, 5.41) is 0.836. The van der Waals surface area contributed by atoms with E-state index >= 15 is 0 Å². The number of Topliss-reactive ketones (excluding diaryl/α,β-unsaturated/α-hetero) is 1. The summed E-state index contributed by atoms with van der Waals surface area (Å²) in [6.45, 7) is 2.56. The van der Waals surface area contributed by atoms with E-state index in [1.165, 1.54) is 0 Å². The van der Waals surface area contributed by atoms with Crippen molar-refractivity contribution in [3.63, 3.8) is 0 Å². The second-order valence-electron chi connectivity index (χ2n) is 6.41. The standard InChI is InChI=1S/C21H19NO5/c1-13-21(15-4-2-3-5-16(15)22-13)17(23)12-27-20(24)11-14-6-7-18-19(10-14)26-9-8-25-18/h2-7,10,22H,8-9,11-12H2,1H3. The van der Waals surface area contributed by atoms with Crippen LogP contribution in [0.1, 0.15) is 21.6 Å². The highest BCUT2D eigenvalue weighted by Gasteiger charge is 2.18. The first-order chi connectivity index (χ1) is 13.1. The van der Waals surface area contributed by atoms with Crippen LogP contribution in [0.25, 0.3) is 10.9 Å². The lowest BCUT2D eigenvalue weighted by Gasteiger charge is -2.18. The third-order valence-electron chi connectivity index (χ3n) is 4.49. The van der Waals surface area contributed by atoms with Gasteiger partial charge in [-0.1, -0.05) is 24.3 Å². The number of para-hydroxylation sites is 1. The summed E-state index contributed by atoms with van der Waals surface area (Å²) in [5.74, 6) is 0.610. The monoisotopic (exact) mass is 365 g/mol. The van der Waals surface area contributed by atoms with E-state index in [9.17, 15) is 9.59 Å². The molecule has 4 rings (SSSR count). The molecule has 0 atom stereocenters. The summed E-state index contributed by atoms with van der Waals surface area (Å²) in [6, 6.07) is 12.9. The molecule has 1 aliphatic heterocycles. The van der Waals surface area contributed by atoms with Gasteiger partial charge in [0, 0.05) is 22.2 Å². The molecule has 6 heteroatoms. The number of hydrogen-bond donors (Lipinski definition) is 1. The molecule has 3 aromatic rings. The first-order valence-corrected chi connectivity index (χ1v) is 8.76. The molecule has 1 N–H and O–H groups in total. The maximum Gasteiger partial charge on any atom is 0.310 e. The van der Waals surface area contributed by atoms with Gasteiger partial charge in [0.2, 0.25) is 5.78 Å². The van der Waals surface area contributed by atoms with E-state index in [0.717, 1.165) is 22.2 Å². The number of aromatic nitrogens is 1. The van der Waals surface area contributed by atoms with Crippen LogP contribution in [0.15, 0.2) is 42.5 Å². The molecular weight excluding hydrogens is 346 g/mol. The number of benzene rings is 2. The Morgan fingerprint density at radius 2 is 1.85 bits per heavy atom. The van der Waals surface area contributed by atoms with Crippen molar-refractivity contribution in [2.75, 3.05) is 19.8 Å². The molecule has 1 aliphatic rings. The van der Waals surface area contributed by atoms with Gasteiger partial charge >= 0.3 is 5.97 Å². The second kappa shape index (κ2) is 7.15. The molecule has 2 aromatic carbocycles. The number of carbonyl (C=O) groups excluding carboxylic acids is 2. The number of ketones is 1. The molecule has 0 saturated carbocycles. The van der Waals surface area contributed by atoms with Gasteiger partial charge in [0.25, 0.3) is 0 Å². The number of carbonyl (C=O) groups is 2. The zero-order valence-electron chi connectivity index (χ0n) is 14.9. The van der Waals surface area contributed by atoms with Gasteiger partial charge in [-0.15, -0.1) is 0 Å². The van der Waals surface area contributed by atoms with Crippen molar-refractivity contribution in [1.29, 1.82) is 0 Å². The van der Waals surface area contributed by atoms with E-state index < -0.39 is 5.97 Å². The van der Waals surface area contributed by atoms with E-state index in [0.29, 0.717) is 30.3 Å². The number of rotatable bonds is 5. The molecule has 0 aliphatic carbocycles.